The number of pyridine rings is 1. The Morgan fingerprint density at radius 1 is 1.69 bits per heavy atom. The summed E-state index contributed by atoms with van der Waals surface area (Å²) in [6, 6.07) is 4.68. The van der Waals surface area contributed by atoms with Crippen molar-refractivity contribution in [3.8, 4) is 6.07 Å². The molecule has 0 amide bonds. The predicted molar refractivity (Wildman–Crippen MR) is 58.0 cm³/mol. The lowest BCUT2D eigenvalue weighted by molar-refractivity contribution is -0.135. The zero-order valence-corrected chi connectivity index (χ0v) is 9.15. The van der Waals surface area contributed by atoms with E-state index in [1.54, 1.807) is 12.1 Å². The third-order valence-electron chi connectivity index (χ3n) is 1.77. The average Bonchev–Trinajstić information content (AvgIpc) is 2.29. The van der Waals surface area contributed by atoms with Gasteiger partial charge in [-0.3, -0.25) is 4.98 Å². The van der Waals surface area contributed by atoms with Crippen molar-refractivity contribution in [1.82, 2.24) is 4.98 Å². The molecule has 1 aromatic rings. The zero-order valence-electron chi connectivity index (χ0n) is 8.40. The van der Waals surface area contributed by atoms with Crippen molar-refractivity contribution in [3.05, 3.63) is 34.6 Å². The van der Waals surface area contributed by atoms with Crippen LogP contribution in [0.25, 0.3) is 5.70 Å². The van der Waals surface area contributed by atoms with Crippen molar-refractivity contribution in [1.29, 1.82) is 5.26 Å². The van der Waals surface area contributed by atoms with Gasteiger partial charge in [0.05, 0.1) is 18.5 Å². The minimum atomic E-state index is -0.804. The first kappa shape index (κ1) is 12.0. The first-order valence-electron chi connectivity index (χ1n) is 4.20. The van der Waals surface area contributed by atoms with Gasteiger partial charge in [-0.1, -0.05) is 11.6 Å². The van der Waals surface area contributed by atoms with E-state index in [-0.39, 0.29) is 17.0 Å². The van der Waals surface area contributed by atoms with Crippen LogP contribution in [-0.2, 0) is 9.53 Å². The summed E-state index contributed by atoms with van der Waals surface area (Å²) < 4.78 is 4.42. The number of ether oxygens (including phenoxy) is 1. The lowest BCUT2D eigenvalue weighted by atomic mass is 10.1. The molecule has 1 aromatic heterocycles. The summed E-state index contributed by atoms with van der Waals surface area (Å²) in [6.45, 7) is 0. The molecule has 6 heteroatoms. The highest BCUT2D eigenvalue weighted by Gasteiger charge is 2.15. The lowest BCUT2D eigenvalue weighted by Gasteiger charge is -2.03. The molecule has 0 aromatic carbocycles. The number of hydrogen-bond donors (Lipinski definition) is 1. The maximum Gasteiger partial charge on any atom is 0.350 e. The molecule has 0 aliphatic rings. The Hall–Kier alpha value is -2.06. The van der Waals surface area contributed by atoms with Gasteiger partial charge in [-0.05, 0) is 12.1 Å². The molecule has 82 valence electrons. The van der Waals surface area contributed by atoms with Crippen LogP contribution < -0.4 is 5.73 Å². The molecule has 0 spiro atoms. The van der Waals surface area contributed by atoms with Gasteiger partial charge in [0.1, 0.15) is 6.07 Å². The first-order valence-corrected chi connectivity index (χ1v) is 4.58. The molecule has 2 N–H and O–H groups in total. The van der Waals surface area contributed by atoms with E-state index in [0.29, 0.717) is 5.02 Å². The fourth-order valence-electron chi connectivity index (χ4n) is 0.998. The molecule has 0 aliphatic heterocycles. The van der Waals surface area contributed by atoms with Crippen LogP contribution >= 0.6 is 11.6 Å². The number of rotatable bonds is 2. The zero-order chi connectivity index (χ0) is 12.1. The Balaban J connectivity index is 3.26. The standard InChI is InChI=1S/C10H8ClN3O2/c1-16-10(15)7(5-12)9(13)8-4-6(11)2-3-14-8/h2-4H,13H2,1H3/b9-7-. The molecular formula is C10H8ClN3O2. The predicted octanol–water partition coefficient (Wildman–Crippen LogP) is 1.10. The maximum absolute atomic E-state index is 11.2. The van der Waals surface area contributed by atoms with Crippen molar-refractivity contribution >= 4 is 23.3 Å². The molecular weight excluding hydrogens is 230 g/mol. The smallest absolute Gasteiger partial charge is 0.350 e. The minimum Gasteiger partial charge on any atom is -0.465 e. The number of nitriles is 1. The number of carbonyl (C=O) groups excluding carboxylic acids is 1. The summed E-state index contributed by atoms with van der Waals surface area (Å²) in [5.41, 5.74) is 5.54. The fourth-order valence-corrected chi connectivity index (χ4v) is 1.16. The van der Waals surface area contributed by atoms with Gasteiger partial charge in [-0.2, -0.15) is 5.26 Å². The second-order valence-electron chi connectivity index (χ2n) is 2.75. The van der Waals surface area contributed by atoms with Crippen molar-refractivity contribution in [2.24, 2.45) is 5.73 Å². The van der Waals surface area contributed by atoms with Gasteiger partial charge in [0.15, 0.2) is 5.57 Å². The summed E-state index contributed by atoms with van der Waals surface area (Å²) in [5.74, 6) is -0.804. The Kier molecular flexibility index (Phi) is 3.86. The van der Waals surface area contributed by atoms with Crippen LogP contribution in [0.3, 0.4) is 0 Å². The Bertz CT molecular complexity index is 491. The molecule has 16 heavy (non-hydrogen) atoms. The van der Waals surface area contributed by atoms with E-state index >= 15 is 0 Å². The Labute approximate surface area is 97.1 Å². The molecule has 0 atom stereocenters. The molecule has 0 unspecified atom stereocenters. The van der Waals surface area contributed by atoms with Crippen LogP contribution in [-0.4, -0.2) is 18.1 Å². The molecule has 0 aliphatic carbocycles. The first-order chi connectivity index (χ1) is 7.60. The van der Waals surface area contributed by atoms with E-state index in [2.05, 4.69) is 9.72 Å². The van der Waals surface area contributed by atoms with E-state index in [1.807, 2.05) is 0 Å². The van der Waals surface area contributed by atoms with E-state index in [0.717, 1.165) is 0 Å². The van der Waals surface area contributed by atoms with Crippen LogP contribution in [0, 0.1) is 11.3 Å². The molecule has 1 heterocycles. The number of hydrogen-bond acceptors (Lipinski definition) is 5. The molecule has 5 nitrogen and oxygen atoms in total. The molecule has 0 bridgehead atoms. The summed E-state index contributed by atoms with van der Waals surface area (Å²) in [5, 5.41) is 9.19. The molecule has 0 saturated carbocycles. The Morgan fingerprint density at radius 2 is 2.38 bits per heavy atom. The third-order valence-corrected chi connectivity index (χ3v) is 2.00. The third kappa shape index (κ3) is 2.49. The van der Waals surface area contributed by atoms with Crippen LogP contribution in [0.2, 0.25) is 5.02 Å². The number of esters is 1. The van der Waals surface area contributed by atoms with E-state index < -0.39 is 5.97 Å². The maximum atomic E-state index is 11.2. The van der Waals surface area contributed by atoms with Crippen LogP contribution in [0.5, 0.6) is 0 Å². The molecule has 0 saturated heterocycles. The second-order valence-corrected chi connectivity index (χ2v) is 3.19. The van der Waals surface area contributed by atoms with Gasteiger partial charge in [-0.15, -0.1) is 0 Å². The van der Waals surface area contributed by atoms with Gasteiger partial charge in [0.25, 0.3) is 0 Å². The SMILES string of the molecule is COC(=O)/C(C#N)=C(\N)c1cc(Cl)ccn1. The van der Waals surface area contributed by atoms with Gasteiger partial charge in [-0.25, -0.2) is 4.79 Å². The summed E-state index contributed by atoms with van der Waals surface area (Å²) in [7, 11) is 1.17. The number of halogens is 1. The van der Waals surface area contributed by atoms with E-state index in [9.17, 15) is 4.79 Å². The quantitative estimate of drug-likeness (QED) is 0.473. The summed E-state index contributed by atoms with van der Waals surface area (Å²) >= 11 is 5.73. The average molecular weight is 238 g/mol. The van der Waals surface area contributed by atoms with Gasteiger partial charge in [0.2, 0.25) is 0 Å². The van der Waals surface area contributed by atoms with E-state index in [1.165, 1.54) is 19.4 Å². The molecule has 0 radical (unpaired) electrons. The van der Waals surface area contributed by atoms with Crippen molar-refractivity contribution in [2.45, 2.75) is 0 Å². The number of nitrogens with zero attached hydrogens (tertiary/aromatic N) is 2. The Morgan fingerprint density at radius 3 is 2.88 bits per heavy atom. The normalized spacial score (nSPS) is 11.3. The number of nitrogens with two attached hydrogens (primary N) is 1. The highest BCUT2D eigenvalue weighted by atomic mass is 35.5. The van der Waals surface area contributed by atoms with Crippen LogP contribution in [0.1, 0.15) is 5.69 Å². The van der Waals surface area contributed by atoms with Crippen LogP contribution in [0.4, 0.5) is 0 Å². The van der Waals surface area contributed by atoms with Crippen molar-refractivity contribution < 1.29 is 9.53 Å². The molecule has 0 fully saturated rings. The minimum absolute atomic E-state index is 0.0585. The number of methoxy groups -OCH3 is 1. The van der Waals surface area contributed by atoms with Gasteiger partial charge >= 0.3 is 5.97 Å². The number of aromatic nitrogens is 1. The van der Waals surface area contributed by atoms with Gasteiger partial charge in [0, 0.05) is 11.2 Å². The van der Waals surface area contributed by atoms with Crippen LogP contribution in [0.15, 0.2) is 23.9 Å². The van der Waals surface area contributed by atoms with Crippen molar-refractivity contribution in [3.63, 3.8) is 0 Å². The number of carbonyl (C=O) groups is 1. The highest BCUT2D eigenvalue weighted by molar-refractivity contribution is 6.30. The van der Waals surface area contributed by atoms with Gasteiger partial charge < -0.3 is 10.5 Å². The van der Waals surface area contributed by atoms with Crippen molar-refractivity contribution in [2.75, 3.05) is 7.11 Å². The monoisotopic (exact) mass is 237 g/mol. The summed E-state index contributed by atoms with van der Waals surface area (Å²) in [4.78, 5) is 15.1. The topological polar surface area (TPSA) is 89.0 Å². The highest BCUT2D eigenvalue weighted by Crippen LogP contribution is 2.15. The fraction of sp³-hybridized carbons (Fsp3) is 0.100. The van der Waals surface area contributed by atoms with E-state index in [4.69, 9.17) is 22.6 Å². The largest absolute Gasteiger partial charge is 0.465 e. The molecule has 1 rings (SSSR count). The lowest BCUT2D eigenvalue weighted by Crippen LogP contribution is -2.11. The second kappa shape index (κ2) is 5.14. The summed E-state index contributed by atoms with van der Waals surface area (Å²) in [6.07, 6.45) is 1.43.